The first-order chi connectivity index (χ1) is 11.2. The predicted molar refractivity (Wildman–Crippen MR) is 86.1 cm³/mol. The van der Waals surface area contributed by atoms with E-state index < -0.39 is 0 Å². The van der Waals surface area contributed by atoms with Gasteiger partial charge in [-0.3, -0.25) is 4.79 Å². The van der Waals surface area contributed by atoms with Crippen molar-refractivity contribution in [1.29, 1.82) is 0 Å². The van der Waals surface area contributed by atoms with E-state index in [9.17, 15) is 9.59 Å². The molecule has 0 bridgehead atoms. The lowest BCUT2D eigenvalue weighted by atomic mass is 10.1. The maximum atomic E-state index is 12.4. The summed E-state index contributed by atoms with van der Waals surface area (Å²) >= 11 is 0. The van der Waals surface area contributed by atoms with Crippen LogP contribution in [0.5, 0.6) is 0 Å². The molecular weight excluding hydrogens is 294 g/mol. The first-order valence-electron chi connectivity index (χ1n) is 8.17. The van der Waals surface area contributed by atoms with Crippen LogP contribution in [0.2, 0.25) is 0 Å². The Balaban J connectivity index is 1.48. The number of piperazine rings is 1. The lowest BCUT2D eigenvalue weighted by Gasteiger charge is -2.38. The van der Waals surface area contributed by atoms with Crippen molar-refractivity contribution in [3.8, 4) is 0 Å². The van der Waals surface area contributed by atoms with Gasteiger partial charge in [-0.1, -0.05) is 30.3 Å². The van der Waals surface area contributed by atoms with Crippen LogP contribution in [0.25, 0.3) is 0 Å². The van der Waals surface area contributed by atoms with Crippen LogP contribution in [0.15, 0.2) is 30.3 Å². The molecule has 0 spiro atoms. The van der Waals surface area contributed by atoms with Crippen molar-refractivity contribution in [2.45, 2.75) is 6.42 Å². The molecule has 0 aliphatic carbocycles. The lowest BCUT2D eigenvalue weighted by Crippen LogP contribution is -2.55. The Kier molecular flexibility index (Phi) is 5.12. The van der Waals surface area contributed by atoms with Crippen LogP contribution >= 0.6 is 0 Å². The summed E-state index contributed by atoms with van der Waals surface area (Å²) in [5.74, 6) is 0.134. The van der Waals surface area contributed by atoms with Gasteiger partial charge in [0.15, 0.2) is 0 Å². The molecule has 2 fully saturated rings. The molecule has 23 heavy (non-hydrogen) atoms. The Labute approximate surface area is 136 Å². The molecule has 124 valence electrons. The molecule has 1 aromatic rings. The zero-order valence-electron chi connectivity index (χ0n) is 13.3. The van der Waals surface area contributed by atoms with E-state index in [1.54, 1.807) is 0 Å². The molecular formula is C17H23N3O3. The number of ether oxygens (including phenoxy) is 1. The fourth-order valence-electron chi connectivity index (χ4n) is 2.98. The van der Waals surface area contributed by atoms with Gasteiger partial charge in [0.1, 0.15) is 0 Å². The standard InChI is InChI=1S/C17H23N3O3/c21-16(14-15-4-2-1-3-5-15)18-6-8-19(9-7-18)17(22)20-10-12-23-13-11-20/h1-5H,6-14H2. The number of benzene rings is 1. The molecule has 2 aliphatic heterocycles. The predicted octanol–water partition coefficient (Wildman–Crippen LogP) is 0.826. The summed E-state index contributed by atoms with van der Waals surface area (Å²) in [7, 11) is 0. The van der Waals surface area contributed by atoms with Gasteiger partial charge in [0.2, 0.25) is 5.91 Å². The Morgan fingerprint density at radius 2 is 1.39 bits per heavy atom. The van der Waals surface area contributed by atoms with E-state index in [0.717, 1.165) is 5.56 Å². The Morgan fingerprint density at radius 1 is 0.826 bits per heavy atom. The maximum Gasteiger partial charge on any atom is 0.320 e. The first-order valence-corrected chi connectivity index (χ1v) is 8.17. The van der Waals surface area contributed by atoms with Gasteiger partial charge in [0, 0.05) is 39.3 Å². The molecule has 2 heterocycles. The number of amides is 3. The van der Waals surface area contributed by atoms with Gasteiger partial charge in [-0.15, -0.1) is 0 Å². The van der Waals surface area contributed by atoms with Crippen LogP contribution < -0.4 is 0 Å². The second kappa shape index (κ2) is 7.46. The van der Waals surface area contributed by atoms with Gasteiger partial charge in [-0.2, -0.15) is 0 Å². The fraction of sp³-hybridized carbons (Fsp3) is 0.529. The topological polar surface area (TPSA) is 53.1 Å². The molecule has 2 aliphatic rings. The van der Waals surface area contributed by atoms with Crippen molar-refractivity contribution in [3.05, 3.63) is 35.9 Å². The number of morpholine rings is 1. The summed E-state index contributed by atoms with van der Waals surface area (Å²) in [6, 6.07) is 9.85. The molecule has 6 heteroatoms. The Morgan fingerprint density at radius 3 is 2.04 bits per heavy atom. The van der Waals surface area contributed by atoms with Crippen LogP contribution in [0.1, 0.15) is 5.56 Å². The minimum absolute atomic E-state index is 0.0726. The molecule has 0 saturated carbocycles. The second-order valence-corrected chi connectivity index (χ2v) is 5.91. The first kappa shape index (κ1) is 15.8. The number of carbonyl (C=O) groups excluding carboxylic acids is 2. The summed E-state index contributed by atoms with van der Waals surface area (Å²) in [6.07, 6.45) is 0.429. The largest absolute Gasteiger partial charge is 0.378 e. The molecule has 0 radical (unpaired) electrons. The van der Waals surface area contributed by atoms with Gasteiger partial charge in [0.05, 0.1) is 19.6 Å². The number of nitrogens with zero attached hydrogens (tertiary/aromatic N) is 3. The zero-order chi connectivity index (χ0) is 16.1. The summed E-state index contributed by atoms with van der Waals surface area (Å²) in [5.41, 5.74) is 1.03. The normalized spacial score (nSPS) is 18.9. The molecule has 3 rings (SSSR count). The number of urea groups is 1. The van der Waals surface area contributed by atoms with Gasteiger partial charge < -0.3 is 19.4 Å². The number of rotatable bonds is 2. The SMILES string of the molecule is O=C(Cc1ccccc1)N1CCN(C(=O)N2CCOCC2)CC1. The highest BCUT2D eigenvalue weighted by Gasteiger charge is 2.27. The van der Waals surface area contributed by atoms with Gasteiger partial charge in [-0.25, -0.2) is 4.79 Å². The van der Waals surface area contributed by atoms with Gasteiger partial charge in [-0.05, 0) is 5.56 Å². The second-order valence-electron chi connectivity index (χ2n) is 5.91. The van der Waals surface area contributed by atoms with Gasteiger partial charge >= 0.3 is 6.03 Å². The smallest absolute Gasteiger partial charge is 0.320 e. The van der Waals surface area contributed by atoms with Crippen molar-refractivity contribution in [1.82, 2.24) is 14.7 Å². The van der Waals surface area contributed by atoms with Crippen LogP contribution in [0.4, 0.5) is 4.79 Å². The highest BCUT2D eigenvalue weighted by atomic mass is 16.5. The highest BCUT2D eigenvalue weighted by molar-refractivity contribution is 5.79. The molecule has 3 amide bonds. The van der Waals surface area contributed by atoms with Crippen molar-refractivity contribution < 1.29 is 14.3 Å². The maximum absolute atomic E-state index is 12.4. The third-order valence-corrected chi connectivity index (χ3v) is 4.38. The molecule has 2 saturated heterocycles. The third kappa shape index (κ3) is 4.01. The van der Waals surface area contributed by atoms with Crippen LogP contribution in [-0.4, -0.2) is 79.1 Å². The monoisotopic (exact) mass is 317 g/mol. The van der Waals surface area contributed by atoms with E-state index >= 15 is 0 Å². The van der Waals surface area contributed by atoms with Crippen LogP contribution in [0.3, 0.4) is 0 Å². The number of hydrogen-bond acceptors (Lipinski definition) is 3. The third-order valence-electron chi connectivity index (χ3n) is 4.38. The Bertz CT molecular complexity index is 535. The average Bonchev–Trinajstić information content (AvgIpc) is 2.63. The zero-order valence-corrected chi connectivity index (χ0v) is 13.3. The highest BCUT2D eigenvalue weighted by Crippen LogP contribution is 2.10. The molecule has 6 nitrogen and oxygen atoms in total. The van der Waals surface area contributed by atoms with E-state index in [-0.39, 0.29) is 11.9 Å². The minimum atomic E-state index is 0.0726. The number of hydrogen-bond donors (Lipinski definition) is 0. The quantitative estimate of drug-likeness (QED) is 0.812. The summed E-state index contributed by atoms with van der Waals surface area (Å²) in [5, 5.41) is 0. The minimum Gasteiger partial charge on any atom is -0.378 e. The van der Waals surface area contributed by atoms with Crippen molar-refractivity contribution >= 4 is 11.9 Å². The van der Waals surface area contributed by atoms with Crippen LogP contribution in [-0.2, 0) is 16.0 Å². The van der Waals surface area contributed by atoms with E-state index in [1.165, 1.54) is 0 Å². The molecule has 0 N–H and O–H groups in total. The van der Waals surface area contributed by atoms with E-state index in [2.05, 4.69) is 0 Å². The average molecular weight is 317 g/mol. The number of carbonyl (C=O) groups is 2. The molecule has 0 atom stereocenters. The summed E-state index contributed by atoms with van der Waals surface area (Å²) in [6.45, 7) is 4.98. The lowest BCUT2D eigenvalue weighted by molar-refractivity contribution is -0.131. The molecule has 1 aromatic carbocycles. The van der Waals surface area contributed by atoms with E-state index in [0.29, 0.717) is 58.9 Å². The van der Waals surface area contributed by atoms with Crippen molar-refractivity contribution in [2.75, 3.05) is 52.5 Å². The molecule has 0 aromatic heterocycles. The van der Waals surface area contributed by atoms with Crippen molar-refractivity contribution in [3.63, 3.8) is 0 Å². The summed E-state index contributed by atoms with van der Waals surface area (Å²) < 4.78 is 5.28. The van der Waals surface area contributed by atoms with E-state index in [4.69, 9.17) is 4.74 Å². The van der Waals surface area contributed by atoms with Crippen LogP contribution in [0, 0.1) is 0 Å². The fourth-order valence-corrected chi connectivity index (χ4v) is 2.98. The van der Waals surface area contributed by atoms with Gasteiger partial charge in [0.25, 0.3) is 0 Å². The molecule has 0 unspecified atom stereocenters. The van der Waals surface area contributed by atoms with Crippen molar-refractivity contribution in [2.24, 2.45) is 0 Å². The summed E-state index contributed by atoms with van der Waals surface area (Å²) in [4.78, 5) is 30.3. The van der Waals surface area contributed by atoms with E-state index in [1.807, 2.05) is 45.0 Å². The Hall–Kier alpha value is -2.08.